The normalized spacial score (nSPS) is 10.6. The molecule has 0 bridgehead atoms. The predicted molar refractivity (Wildman–Crippen MR) is 86.8 cm³/mol. The quantitative estimate of drug-likeness (QED) is 0.577. The highest BCUT2D eigenvalue weighted by Crippen LogP contribution is 2.22. The van der Waals surface area contributed by atoms with Crippen LogP contribution in [0.15, 0.2) is 47.4 Å². The highest BCUT2D eigenvalue weighted by atomic mass is 32.2. The third-order valence-electron chi connectivity index (χ3n) is 3.57. The monoisotopic (exact) mass is 284 g/mol. The number of thioether (sulfide) groups is 1. The molecule has 0 aliphatic carbocycles. The zero-order valence-electron chi connectivity index (χ0n) is 12.3. The molecule has 0 aliphatic heterocycles. The second-order valence-electron chi connectivity index (χ2n) is 5.00. The van der Waals surface area contributed by atoms with Crippen molar-refractivity contribution in [2.45, 2.75) is 31.6 Å². The number of benzene rings is 2. The summed E-state index contributed by atoms with van der Waals surface area (Å²) in [5.41, 5.74) is 4.31. The third-order valence-corrected chi connectivity index (χ3v) is 4.41. The first kappa shape index (κ1) is 14.9. The topological polar surface area (TPSA) is 17.1 Å². The van der Waals surface area contributed by atoms with Crippen LogP contribution >= 0.6 is 11.8 Å². The molecule has 0 aromatic heterocycles. The van der Waals surface area contributed by atoms with Crippen molar-refractivity contribution >= 4 is 17.5 Å². The molecule has 0 unspecified atom stereocenters. The summed E-state index contributed by atoms with van der Waals surface area (Å²) in [6.45, 7) is 4.02. The second-order valence-corrected chi connectivity index (χ2v) is 5.85. The molecule has 0 aliphatic rings. The summed E-state index contributed by atoms with van der Waals surface area (Å²) in [5.74, 6) is 0.247. The zero-order chi connectivity index (χ0) is 14.5. The van der Waals surface area contributed by atoms with Gasteiger partial charge < -0.3 is 0 Å². The number of hydrogen-bond donors (Lipinski definition) is 0. The van der Waals surface area contributed by atoms with Crippen LogP contribution < -0.4 is 0 Å². The van der Waals surface area contributed by atoms with Gasteiger partial charge in [0.1, 0.15) is 0 Å². The molecule has 0 fully saturated rings. The number of carbonyl (C=O) groups excluding carboxylic acids is 1. The van der Waals surface area contributed by atoms with E-state index in [1.54, 1.807) is 11.8 Å². The standard InChI is InChI=1S/C18H20OS/c1-13-7-6-8-14(2)18(13)16(19)12-11-15-9-4-5-10-17(15)20-3/h4-10H,11-12H2,1-3H3. The van der Waals surface area contributed by atoms with E-state index in [1.807, 2.05) is 44.2 Å². The number of rotatable bonds is 5. The fourth-order valence-corrected chi connectivity index (χ4v) is 3.18. The van der Waals surface area contributed by atoms with Gasteiger partial charge in [-0.05, 0) is 49.3 Å². The average molecular weight is 284 g/mol. The van der Waals surface area contributed by atoms with Gasteiger partial charge in [0, 0.05) is 16.9 Å². The van der Waals surface area contributed by atoms with Crippen molar-refractivity contribution in [2.75, 3.05) is 6.26 Å². The van der Waals surface area contributed by atoms with Crippen LogP contribution in [-0.4, -0.2) is 12.0 Å². The van der Waals surface area contributed by atoms with Gasteiger partial charge in [-0.3, -0.25) is 4.79 Å². The lowest BCUT2D eigenvalue weighted by Gasteiger charge is -2.10. The minimum atomic E-state index is 0.247. The van der Waals surface area contributed by atoms with Crippen LogP contribution in [0.4, 0.5) is 0 Å². The van der Waals surface area contributed by atoms with Gasteiger partial charge in [-0.25, -0.2) is 0 Å². The van der Waals surface area contributed by atoms with Crippen molar-refractivity contribution < 1.29 is 4.79 Å². The van der Waals surface area contributed by atoms with Gasteiger partial charge in [0.15, 0.2) is 5.78 Å². The largest absolute Gasteiger partial charge is 0.294 e. The van der Waals surface area contributed by atoms with Crippen molar-refractivity contribution in [3.63, 3.8) is 0 Å². The van der Waals surface area contributed by atoms with E-state index in [-0.39, 0.29) is 5.78 Å². The first-order chi connectivity index (χ1) is 9.63. The van der Waals surface area contributed by atoms with E-state index < -0.39 is 0 Å². The average Bonchev–Trinajstić information content (AvgIpc) is 2.45. The van der Waals surface area contributed by atoms with Gasteiger partial charge in [0.05, 0.1) is 0 Å². The van der Waals surface area contributed by atoms with Gasteiger partial charge in [-0.1, -0.05) is 36.4 Å². The van der Waals surface area contributed by atoms with Crippen molar-refractivity contribution in [3.05, 3.63) is 64.7 Å². The van der Waals surface area contributed by atoms with Crippen LogP contribution in [0.5, 0.6) is 0 Å². The molecule has 0 N–H and O–H groups in total. The van der Waals surface area contributed by atoms with E-state index >= 15 is 0 Å². The Balaban J connectivity index is 2.13. The molecule has 2 aromatic rings. The Morgan fingerprint density at radius 3 is 2.30 bits per heavy atom. The van der Waals surface area contributed by atoms with Crippen molar-refractivity contribution in [3.8, 4) is 0 Å². The predicted octanol–water partition coefficient (Wildman–Crippen LogP) is 4.84. The Hall–Kier alpha value is -1.54. The fourth-order valence-electron chi connectivity index (χ4n) is 2.54. The van der Waals surface area contributed by atoms with Crippen LogP contribution in [0.2, 0.25) is 0 Å². The molecule has 20 heavy (non-hydrogen) atoms. The molecule has 0 atom stereocenters. The minimum Gasteiger partial charge on any atom is -0.294 e. The molecule has 2 aromatic carbocycles. The number of hydrogen-bond acceptors (Lipinski definition) is 2. The van der Waals surface area contributed by atoms with Crippen LogP contribution in [0.3, 0.4) is 0 Å². The molecule has 0 saturated heterocycles. The van der Waals surface area contributed by atoms with Crippen LogP contribution in [0, 0.1) is 13.8 Å². The molecule has 0 amide bonds. The maximum absolute atomic E-state index is 12.5. The number of carbonyl (C=O) groups is 1. The Morgan fingerprint density at radius 1 is 1.00 bits per heavy atom. The summed E-state index contributed by atoms with van der Waals surface area (Å²) in [7, 11) is 0. The molecule has 0 radical (unpaired) electrons. The van der Waals surface area contributed by atoms with E-state index in [0.29, 0.717) is 6.42 Å². The number of ketones is 1. The van der Waals surface area contributed by atoms with Crippen LogP contribution in [-0.2, 0) is 6.42 Å². The molecule has 2 rings (SSSR count). The summed E-state index contributed by atoms with van der Waals surface area (Å²) >= 11 is 1.74. The van der Waals surface area contributed by atoms with Gasteiger partial charge >= 0.3 is 0 Å². The number of Topliss-reactive ketones (excluding diaryl/α,β-unsaturated/α-hetero) is 1. The first-order valence-corrected chi connectivity index (χ1v) is 8.07. The smallest absolute Gasteiger partial charge is 0.163 e. The summed E-state index contributed by atoms with van der Waals surface area (Å²) in [5, 5.41) is 0. The van der Waals surface area contributed by atoms with E-state index in [4.69, 9.17) is 0 Å². The Labute approximate surface area is 125 Å². The van der Waals surface area contributed by atoms with Gasteiger partial charge in [0.25, 0.3) is 0 Å². The van der Waals surface area contributed by atoms with E-state index in [0.717, 1.165) is 23.1 Å². The molecule has 0 saturated carbocycles. The summed E-state index contributed by atoms with van der Waals surface area (Å²) in [6.07, 6.45) is 3.46. The molecule has 1 nitrogen and oxygen atoms in total. The van der Waals surface area contributed by atoms with E-state index in [2.05, 4.69) is 18.4 Å². The highest BCUT2D eigenvalue weighted by molar-refractivity contribution is 7.98. The van der Waals surface area contributed by atoms with Crippen LogP contribution in [0.1, 0.15) is 33.5 Å². The molecule has 104 valence electrons. The third kappa shape index (κ3) is 3.31. The molecule has 2 heteroatoms. The Morgan fingerprint density at radius 2 is 1.65 bits per heavy atom. The molecule has 0 spiro atoms. The second kappa shape index (κ2) is 6.76. The Kier molecular flexibility index (Phi) is 5.02. The van der Waals surface area contributed by atoms with Gasteiger partial charge in [-0.2, -0.15) is 0 Å². The first-order valence-electron chi connectivity index (χ1n) is 6.84. The van der Waals surface area contributed by atoms with Crippen molar-refractivity contribution in [1.29, 1.82) is 0 Å². The van der Waals surface area contributed by atoms with Crippen molar-refractivity contribution in [2.24, 2.45) is 0 Å². The number of aryl methyl sites for hydroxylation is 3. The van der Waals surface area contributed by atoms with Crippen molar-refractivity contribution in [1.82, 2.24) is 0 Å². The zero-order valence-corrected chi connectivity index (χ0v) is 13.1. The maximum Gasteiger partial charge on any atom is 0.163 e. The van der Waals surface area contributed by atoms with E-state index in [9.17, 15) is 4.79 Å². The van der Waals surface area contributed by atoms with Gasteiger partial charge in [-0.15, -0.1) is 11.8 Å². The van der Waals surface area contributed by atoms with Crippen LogP contribution in [0.25, 0.3) is 0 Å². The lowest BCUT2D eigenvalue weighted by atomic mass is 9.95. The maximum atomic E-state index is 12.5. The summed E-state index contributed by atoms with van der Waals surface area (Å²) in [6, 6.07) is 14.3. The highest BCUT2D eigenvalue weighted by Gasteiger charge is 2.12. The molecule has 0 heterocycles. The van der Waals surface area contributed by atoms with Gasteiger partial charge in [0.2, 0.25) is 0 Å². The lowest BCUT2D eigenvalue weighted by molar-refractivity contribution is 0.0981. The fraction of sp³-hybridized carbons (Fsp3) is 0.278. The lowest BCUT2D eigenvalue weighted by Crippen LogP contribution is -2.06. The molecular formula is C18H20OS. The SMILES string of the molecule is CSc1ccccc1CCC(=O)c1c(C)cccc1C. The minimum absolute atomic E-state index is 0.247. The summed E-state index contributed by atoms with van der Waals surface area (Å²) in [4.78, 5) is 13.7. The Bertz CT molecular complexity index is 596. The van der Waals surface area contributed by atoms with E-state index in [1.165, 1.54) is 10.5 Å². The molecular weight excluding hydrogens is 264 g/mol. The summed E-state index contributed by atoms with van der Waals surface area (Å²) < 4.78 is 0.